The summed E-state index contributed by atoms with van der Waals surface area (Å²) in [5.74, 6) is -0.00974. The van der Waals surface area contributed by atoms with Crippen LogP contribution in [-0.4, -0.2) is 32.3 Å². The SMILES string of the molecule is COc1cc(N2CCNC(C)(C)C2)ccc1F. The Bertz CT molecular complexity index is 406. The summed E-state index contributed by atoms with van der Waals surface area (Å²) in [6.45, 7) is 7.10. The van der Waals surface area contributed by atoms with Crippen LogP contribution in [0.5, 0.6) is 5.75 Å². The van der Waals surface area contributed by atoms with Crippen LogP contribution in [0.25, 0.3) is 0 Å². The van der Waals surface area contributed by atoms with Gasteiger partial charge in [-0.05, 0) is 26.0 Å². The predicted molar refractivity (Wildman–Crippen MR) is 67.2 cm³/mol. The maximum Gasteiger partial charge on any atom is 0.165 e. The molecule has 3 nitrogen and oxygen atoms in total. The Kier molecular flexibility index (Phi) is 3.24. The number of benzene rings is 1. The van der Waals surface area contributed by atoms with Gasteiger partial charge >= 0.3 is 0 Å². The van der Waals surface area contributed by atoms with E-state index in [0.29, 0.717) is 5.75 Å². The first-order chi connectivity index (χ1) is 8.02. The molecule has 1 aromatic carbocycles. The van der Waals surface area contributed by atoms with E-state index in [4.69, 9.17) is 4.74 Å². The van der Waals surface area contributed by atoms with Crippen LogP contribution in [0.4, 0.5) is 10.1 Å². The van der Waals surface area contributed by atoms with E-state index >= 15 is 0 Å². The molecule has 0 saturated carbocycles. The Morgan fingerprint density at radius 2 is 2.18 bits per heavy atom. The minimum atomic E-state index is -0.314. The predicted octanol–water partition coefficient (Wildman–Crippen LogP) is 2.02. The van der Waals surface area contributed by atoms with Gasteiger partial charge in [0.05, 0.1) is 7.11 Å². The Balaban J connectivity index is 2.22. The van der Waals surface area contributed by atoms with E-state index < -0.39 is 0 Å². The van der Waals surface area contributed by atoms with E-state index in [1.54, 1.807) is 12.1 Å². The number of ether oxygens (including phenoxy) is 1. The Morgan fingerprint density at radius 3 is 2.82 bits per heavy atom. The van der Waals surface area contributed by atoms with Crippen molar-refractivity contribution in [1.82, 2.24) is 5.32 Å². The lowest BCUT2D eigenvalue weighted by Crippen LogP contribution is -2.57. The van der Waals surface area contributed by atoms with Gasteiger partial charge in [-0.1, -0.05) is 0 Å². The summed E-state index contributed by atoms with van der Waals surface area (Å²) in [4.78, 5) is 2.25. The zero-order valence-electron chi connectivity index (χ0n) is 10.6. The number of nitrogens with one attached hydrogen (secondary N) is 1. The van der Waals surface area contributed by atoms with E-state index in [0.717, 1.165) is 25.3 Å². The van der Waals surface area contributed by atoms with Gasteiger partial charge in [0, 0.05) is 36.9 Å². The smallest absolute Gasteiger partial charge is 0.165 e. The summed E-state index contributed by atoms with van der Waals surface area (Å²) in [5.41, 5.74) is 1.10. The maximum absolute atomic E-state index is 13.3. The van der Waals surface area contributed by atoms with Crippen molar-refractivity contribution >= 4 is 5.69 Å². The Morgan fingerprint density at radius 1 is 1.41 bits per heavy atom. The number of nitrogens with zero attached hydrogens (tertiary/aromatic N) is 1. The minimum absolute atomic E-state index is 0.0832. The van der Waals surface area contributed by atoms with Crippen molar-refractivity contribution in [2.75, 3.05) is 31.6 Å². The second kappa shape index (κ2) is 4.53. The summed E-state index contributed by atoms with van der Waals surface area (Å²) in [5, 5.41) is 3.45. The molecule has 94 valence electrons. The second-order valence-corrected chi connectivity index (χ2v) is 5.05. The zero-order chi connectivity index (χ0) is 12.5. The molecule has 0 unspecified atom stereocenters. The number of anilines is 1. The molecule has 0 aliphatic carbocycles. The molecule has 0 spiro atoms. The maximum atomic E-state index is 13.3. The van der Waals surface area contributed by atoms with Crippen LogP contribution < -0.4 is 15.0 Å². The van der Waals surface area contributed by atoms with Crippen LogP contribution in [0, 0.1) is 5.82 Å². The molecular weight excluding hydrogens is 219 g/mol. The van der Waals surface area contributed by atoms with Crippen LogP contribution >= 0.6 is 0 Å². The van der Waals surface area contributed by atoms with Crippen LogP contribution in [0.15, 0.2) is 18.2 Å². The molecule has 1 heterocycles. The largest absolute Gasteiger partial charge is 0.494 e. The van der Waals surface area contributed by atoms with Crippen LogP contribution in [0.2, 0.25) is 0 Å². The van der Waals surface area contributed by atoms with Gasteiger partial charge in [0.1, 0.15) is 0 Å². The lowest BCUT2D eigenvalue weighted by Gasteiger charge is -2.40. The average Bonchev–Trinajstić information content (AvgIpc) is 2.28. The highest BCUT2D eigenvalue weighted by molar-refractivity contribution is 5.52. The zero-order valence-corrected chi connectivity index (χ0v) is 10.6. The number of halogens is 1. The molecule has 2 rings (SSSR count). The van der Waals surface area contributed by atoms with Crippen molar-refractivity contribution in [2.45, 2.75) is 19.4 Å². The minimum Gasteiger partial charge on any atom is -0.494 e. The van der Waals surface area contributed by atoms with E-state index in [1.165, 1.54) is 13.2 Å². The van der Waals surface area contributed by atoms with E-state index in [9.17, 15) is 4.39 Å². The summed E-state index contributed by atoms with van der Waals surface area (Å²) < 4.78 is 18.3. The third-order valence-corrected chi connectivity index (χ3v) is 3.07. The molecule has 1 fully saturated rings. The van der Waals surface area contributed by atoms with Gasteiger partial charge in [-0.2, -0.15) is 0 Å². The molecule has 1 aromatic rings. The molecule has 4 heteroatoms. The van der Waals surface area contributed by atoms with Crippen LogP contribution in [0.3, 0.4) is 0 Å². The van der Waals surface area contributed by atoms with Gasteiger partial charge in [-0.15, -0.1) is 0 Å². The summed E-state index contributed by atoms with van der Waals surface area (Å²) in [7, 11) is 1.49. The monoisotopic (exact) mass is 238 g/mol. The Labute approximate surface area is 102 Å². The quantitative estimate of drug-likeness (QED) is 0.853. The van der Waals surface area contributed by atoms with E-state index in [2.05, 4.69) is 24.1 Å². The van der Waals surface area contributed by atoms with Crippen molar-refractivity contribution in [2.24, 2.45) is 0 Å². The van der Waals surface area contributed by atoms with Crippen molar-refractivity contribution in [3.8, 4) is 5.75 Å². The third-order valence-electron chi connectivity index (χ3n) is 3.07. The molecule has 0 bridgehead atoms. The van der Waals surface area contributed by atoms with Crippen molar-refractivity contribution in [3.05, 3.63) is 24.0 Å². The lowest BCUT2D eigenvalue weighted by molar-refractivity contribution is 0.352. The first kappa shape index (κ1) is 12.2. The van der Waals surface area contributed by atoms with Gasteiger partial charge in [0.2, 0.25) is 0 Å². The van der Waals surface area contributed by atoms with Crippen molar-refractivity contribution in [1.29, 1.82) is 0 Å². The topological polar surface area (TPSA) is 24.5 Å². The first-order valence-corrected chi connectivity index (χ1v) is 5.85. The molecule has 1 saturated heterocycles. The summed E-state index contributed by atoms with van der Waals surface area (Å²) in [6.07, 6.45) is 0. The van der Waals surface area contributed by atoms with Gasteiger partial charge in [-0.3, -0.25) is 0 Å². The Hall–Kier alpha value is -1.29. The summed E-state index contributed by atoms with van der Waals surface area (Å²) in [6, 6.07) is 5.03. The van der Waals surface area contributed by atoms with E-state index in [1.807, 2.05) is 0 Å². The van der Waals surface area contributed by atoms with Crippen molar-refractivity contribution in [3.63, 3.8) is 0 Å². The fourth-order valence-electron chi connectivity index (χ4n) is 2.21. The first-order valence-electron chi connectivity index (χ1n) is 5.85. The molecule has 0 radical (unpaired) electrons. The number of hydrogen-bond donors (Lipinski definition) is 1. The van der Waals surface area contributed by atoms with Gasteiger partial charge in [-0.25, -0.2) is 4.39 Å². The normalized spacial score (nSPS) is 19.2. The fourth-order valence-corrected chi connectivity index (χ4v) is 2.21. The third kappa shape index (κ3) is 2.69. The van der Waals surface area contributed by atoms with Gasteiger partial charge in [0.15, 0.2) is 11.6 Å². The highest BCUT2D eigenvalue weighted by Gasteiger charge is 2.26. The fraction of sp³-hybridized carbons (Fsp3) is 0.538. The lowest BCUT2D eigenvalue weighted by atomic mass is 10.0. The molecule has 1 N–H and O–H groups in total. The molecule has 0 atom stereocenters. The molecule has 1 aliphatic heterocycles. The number of hydrogen-bond acceptors (Lipinski definition) is 3. The second-order valence-electron chi connectivity index (χ2n) is 5.05. The number of methoxy groups -OCH3 is 1. The average molecular weight is 238 g/mol. The molecule has 0 amide bonds. The van der Waals surface area contributed by atoms with Gasteiger partial charge < -0.3 is 15.0 Å². The van der Waals surface area contributed by atoms with Gasteiger partial charge in [0.25, 0.3) is 0 Å². The van der Waals surface area contributed by atoms with Crippen molar-refractivity contribution < 1.29 is 9.13 Å². The van der Waals surface area contributed by atoms with Crippen LogP contribution in [-0.2, 0) is 0 Å². The number of rotatable bonds is 2. The highest BCUT2D eigenvalue weighted by atomic mass is 19.1. The molecule has 1 aliphatic rings. The van der Waals surface area contributed by atoms with E-state index in [-0.39, 0.29) is 11.4 Å². The molecule has 17 heavy (non-hydrogen) atoms. The number of piperazine rings is 1. The molecular formula is C13H19FN2O. The summed E-state index contributed by atoms with van der Waals surface area (Å²) >= 11 is 0. The molecule has 0 aromatic heterocycles. The van der Waals surface area contributed by atoms with Crippen LogP contribution in [0.1, 0.15) is 13.8 Å². The standard InChI is InChI=1S/C13H19FN2O/c1-13(2)9-16(7-6-15-13)10-4-5-11(14)12(8-10)17-3/h4-5,8,15H,6-7,9H2,1-3H3. The highest BCUT2D eigenvalue weighted by Crippen LogP contribution is 2.26.